The molecule has 5 nitrogen and oxygen atoms in total. The van der Waals surface area contributed by atoms with Gasteiger partial charge in [0.15, 0.2) is 0 Å². The SMILES string of the molecule is N#Cc1c(N2CCCCC2)c2cc(Cl)ncc2[nH]c1=O. The van der Waals surface area contributed by atoms with Gasteiger partial charge in [-0.05, 0) is 25.3 Å². The van der Waals surface area contributed by atoms with Crippen molar-refractivity contribution in [2.24, 2.45) is 0 Å². The van der Waals surface area contributed by atoms with E-state index in [0.717, 1.165) is 31.3 Å². The van der Waals surface area contributed by atoms with Gasteiger partial charge in [0.2, 0.25) is 0 Å². The largest absolute Gasteiger partial charge is 0.370 e. The number of rotatable bonds is 1. The predicted molar refractivity (Wildman–Crippen MR) is 78.2 cm³/mol. The third-order valence-corrected chi connectivity index (χ3v) is 3.83. The second-order valence-electron chi connectivity index (χ2n) is 4.89. The maximum atomic E-state index is 12.0. The zero-order valence-electron chi connectivity index (χ0n) is 10.8. The van der Waals surface area contributed by atoms with Gasteiger partial charge in [0.1, 0.15) is 16.8 Å². The summed E-state index contributed by atoms with van der Waals surface area (Å²) in [7, 11) is 0. The van der Waals surface area contributed by atoms with Crippen LogP contribution in [0.2, 0.25) is 5.15 Å². The quantitative estimate of drug-likeness (QED) is 0.818. The summed E-state index contributed by atoms with van der Waals surface area (Å²) in [6.07, 6.45) is 4.85. The molecule has 0 unspecified atom stereocenters. The Kier molecular flexibility index (Phi) is 3.33. The Balaban J connectivity index is 2.32. The fourth-order valence-corrected chi connectivity index (χ4v) is 2.86. The number of piperidine rings is 1. The Labute approximate surface area is 120 Å². The Morgan fingerprint density at radius 2 is 2.10 bits per heavy atom. The monoisotopic (exact) mass is 288 g/mol. The molecular formula is C14H13ClN4O. The normalized spacial score (nSPS) is 15.3. The summed E-state index contributed by atoms with van der Waals surface area (Å²) in [5.41, 5.74) is 1.08. The highest BCUT2D eigenvalue weighted by molar-refractivity contribution is 6.30. The van der Waals surface area contributed by atoms with Gasteiger partial charge < -0.3 is 9.88 Å². The van der Waals surface area contributed by atoms with Crippen molar-refractivity contribution < 1.29 is 0 Å². The molecule has 2 aromatic heterocycles. The topological polar surface area (TPSA) is 72.8 Å². The highest BCUT2D eigenvalue weighted by atomic mass is 35.5. The van der Waals surface area contributed by atoms with Gasteiger partial charge in [-0.2, -0.15) is 5.26 Å². The molecule has 102 valence electrons. The van der Waals surface area contributed by atoms with E-state index in [1.165, 1.54) is 12.6 Å². The second kappa shape index (κ2) is 5.14. The smallest absolute Gasteiger partial charge is 0.268 e. The molecule has 3 rings (SSSR count). The van der Waals surface area contributed by atoms with E-state index in [9.17, 15) is 10.1 Å². The standard InChI is InChI=1S/C14H13ClN4O/c15-12-6-9-11(8-17-12)18-14(20)10(7-16)13(9)19-4-2-1-3-5-19/h6,8H,1-5H2,(H,18,20). The predicted octanol–water partition coefficient (Wildman–Crippen LogP) is 2.44. The number of hydrogen-bond acceptors (Lipinski definition) is 4. The molecule has 0 bridgehead atoms. The molecule has 0 atom stereocenters. The summed E-state index contributed by atoms with van der Waals surface area (Å²) < 4.78 is 0. The number of nitrogens with one attached hydrogen (secondary N) is 1. The molecule has 1 fully saturated rings. The number of aromatic amines is 1. The van der Waals surface area contributed by atoms with Crippen LogP contribution < -0.4 is 10.5 Å². The van der Waals surface area contributed by atoms with E-state index in [-0.39, 0.29) is 11.1 Å². The van der Waals surface area contributed by atoms with Gasteiger partial charge in [-0.25, -0.2) is 4.98 Å². The summed E-state index contributed by atoms with van der Waals surface area (Å²) in [4.78, 5) is 20.8. The van der Waals surface area contributed by atoms with Crippen LogP contribution in [0.15, 0.2) is 17.1 Å². The third kappa shape index (κ3) is 2.12. The Bertz CT molecular complexity index is 756. The zero-order valence-corrected chi connectivity index (χ0v) is 11.6. The summed E-state index contributed by atoms with van der Waals surface area (Å²) in [6, 6.07) is 3.73. The van der Waals surface area contributed by atoms with E-state index in [4.69, 9.17) is 11.6 Å². The van der Waals surface area contributed by atoms with E-state index < -0.39 is 0 Å². The van der Waals surface area contributed by atoms with Crippen LogP contribution in [0.25, 0.3) is 10.9 Å². The summed E-state index contributed by atoms with van der Waals surface area (Å²) in [5, 5.41) is 10.4. The Morgan fingerprint density at radius 3 is 2.80 bits per heavy atom. The number of halogens is 1. The van der Waals surface area contributed by atoms with Crippen LogP contribution in [0.5, 0.6) is 0 Å². The van der Waals surface area contributed by atoms with Crippen LogP contribution in [-0.4, -0.2) is 23.1 Å². The first-order chi connectivity index (χ1) is 9.70. The number of hydrogen-bond donors (Lipinski definition) is 1. The molecule has 0 aromatic carbocycles. The minimum atomic E-state index is -0.371. The van der Waals surface area contributed by atoms with E-state index in [2.05, 4.69) is 14.9 Å². The number of H-pyrrole nitrogens is 1. The fourth-order valence-electron chi connectivity index (χ4n) is 2.70. The van der Waals surface area contributed by atoms with Crippen molar-refractivity contribution in [3.05, 3.63) is 33.3 Å². The van der Waals surface area contributed by atoms with Gasteiger partial charge in [-0.15, -0.1) is 0 Å². The van der Waals surface area contributed by atoms with Gasteiger partial charge in [0.25, 0.3) is 5.56 Å². The number of pyridine rings is 2. The van der Waals surface area contributed by atoms with Crippen LogP contribution >= 0.6 is 11.6 Å². The minimum Gasteiger partial charge on any atom is -0.370 e. The molecular weight excluding hydrogens is 276 g/mol. The van der Waals surface area contributed by atoms with Crippen LogP contribution in [0.4, 0.5) is 5.69 Å². The van der Waals surface area contributed by atoms with Crippen molar-refractivity contribution in [2.75, 3.05) is 18.0 Å². The van der Waals surface area contributed by atoms with Gasteiger partial charge in [-0.1, -0.05) is 11.6 Å². The number of nitriles is 1. The lowest BCUT2D eigenvalue weighted by atomic mass is 10.1. The first kappa shape index (κ1) is 12.9. The first-order valence-electron chi connectivity index (χ1n) is 6.57. The van der Waals surface area contributed by atoms with Gasteiger partial charge in [0.05, 0.1) is 17.4 Å². The van der Waals surface area contributed by atoms with E-state index in [1.807, 2.05) is 6.07 Å². The zero-order chi connectivity index (χ0) is 14.1. The first-order valence-corrected chi connectivity index (χ1v) is 6.95. The van der Waals surface area contributed by atoms with Crippen LogP contribution in [-0.2, 0) is 0 Å². The van der Waals surface area contributed by atoms with Crippen molar-refractivity contribution in [1.82, 2.24) is 9.97 Å². The van der Waals surface area contributed by atoms with Crippen molar-refractivity contribution in [3.8, 4) is 6.07 Å². The van der Waals surface area contributed by atoms with Gasteiger partial charge >= 0.3 is 0 Å². The summed E-state index contributed by atoms with van der Waals surface area (Å²) >= 11 is 5.96. The third-order valence-electron chi connectivity index (χ3n) is 3.62. The maximum absolute atomic E-state index is 12.0. The molecule has 1 saturated heterocycles. The van der Waals surface area contributed by atoms with Crippen molar-refractivity contribution >= 4 is 28.2 Å². The summed E-state index contributed by atoms with van der Waals surface area (Å²) in [5.74, 6) is 0. The lowest BCUT2D eigenvalue weighted by Gasteiger charge is -2.30. The van der Waals surface area contributed by atoms with Crippen LogP contribution in [0, 0.1) is 11.3 Å². The molecule has 0 radical (unpaired) electrons. The second-order valence-corrected chi connectivity index (χ2v) is 5.28. The molecule has 0 amide bonds. The molecule has 2 aromatic rings. The molecule has 0 spiro atoms. The van der Waals surface area contributed by atoms with Gasteiger partial charge in [-0.3, -0.25) is 4.79 Å². The van der Waals surface area contributed by atoms with E-state index in [0.29, 0.717) is 16.4 Å². The molecule has 6 heteroatoms. The fraction of sp³-hybridized carbons (Fsp3) is 0.357. The van der Waals surface area contributed by atoms with E-state index in [1.54, 1.807) is 6.07 Å². The Hall–Kier alpha value is -2.06. The Morgan fingerprint density at radius 1 is 1.35 bits per heavy atom. The molecule has 0 aliphatic carbocycles. The lowest BCUT2D eigenvalue weighted by molar-refractivity contribution is 0.578. The number of fused-ring (bicyclic) bond motifs is 1. The van der Waals surface area contributed by atoms with Crippen molar-refractivity contribution in [2.45, 2.75) is 19.3 Å². The molecule has 3 heterocycles. The molecule has 20 heavy (non-hydrogen) atoms. The molecule has 0 saturated carbocycles. The average Bonchev–Trinajstić information content (AvgIpc) is 2.47. The van der Waals surface area contributed by atoms with Crippen LogP contribution in [0.1, 0.15) is 24.8 Å². The molecule has 1 aliphatic heterocycles. The van der Waals surface area contributed by atoms with Crippen molar-refractivity contribution in [1.29, 1.82) is 5.26 Å². The van der Waals surface area contributed by atoms with Crippen molar-refractivity contribution in [3.63, 3.8) is 0 Å². The molecule has 1 aliphatic rings. The number of anilines is 1. The average molecular weight is 289 g/mol. The maximum Gasteiger partial charge on any atom is 0.268 e. The van der Waals surface area contributed by atoms with Crippen LogP contribution in [0.3, 0.4) is 0 Å². The number of nitrogens with zero attached hydrogens (tertiary/aromatic N) is 3. The summed E-state index contributed by atoms with van der Waals surface area (Å²) in [6.45, 7) is 1.71. The highest BCUT2D eigenvalue weighted by Gasteiger charge is 2.20. The minimum absolute atomic E-state index is 0.154. The number of aromatic nitrogens is 2. The van der Waals surface area contributed by atoms with Gasteiger partial charge in [0, 0.05) is 18.5 Å². The van der Waals surface area contributed by atoms with E-state index >= 15 is 0 Å². The lowest BCUT2D eigenvalue weighted by Crippen LogP contribution is -2.32. The molecule has 1 N–H and O–H groups in total. The highest BCUT2D eigenvalue weighted by Crippen LogP contribution is 2.30.